The Balaban J connectivity index is 2.15. The van der Waals surface area contributed by atoms with Crippen LogP contribution in [0.3, 0.4) is 0 Å². The standard InChI is InChI=1S/C20H25N/c1-4-16-7-6-8-18(13-16)11-12-20(21)19-14-17(5-2)10-9-15(19)3/h6-8,10-15,21H,4-5,9H2,1-3H3/b12-11+,21-20?. The summed E-state index contributed by atoms with van der Waals surface area (Å²) >= 11 is 0. The van der Waals surface area contributed by atoms with Crippen molar-refractivity contribution in [3.63, 3.8) is 0 Å². The molecule has 0 saturated carbocycles. The molecule has 0 amide bonds. The highest BCUT2D eigenvalue weighted by atomic mass is 14.4. The fourth-order valence-electron chi connectivity index (χ4n) is 2.64. The minimum absolute atomic E-state index is 0.444. The molecule has 1 aliphatic rings. The lowest BCUT2D eigenvalue weighted by molar-refractivity contribution is 0.703. The van der Waals surface area contributed by atoms with Crippen LogP contribution in [-0.4, -0.2) is 5.71 Å². The zero-order valence-electron chi connectivity index (χ0n) is 13.3. The van der Waals surface area contributed by atoms with E-state index in [0.717, 1.165) is 24.8 Å². The summed E-state index contributed by atoms with van der Waals surface area (Å²) in [4.78, 5) is 0. The number of aryl methyl sites for hydroxylation is 1. The summed E-state index contributed by atoms with van der Waals surface area (Å²) in [6.45, 7) is 6.54. The van der Waals surface area contributed by atoms with Gasteiger partial charge in [-0.2, -0.15) is 0 Å². The maximum absolute atomic E-state index is 8.34. The molecule has 1 N–H and O–H groups in total. The Labute approximate surface area is 128 Å². The van der Waals surface area contributed by atoms with Crippen LogP contribution >= 0.6 is 0 Å². The van der Waals surface area contributed by atoms with Gasteiger partial charge in [0, 0.05) is 0 Å². The van der Waals surface area contributed by atoms with Crippen LogP contribution in [0.15, 0.2) is 53.6 Å². The molecule has 110 valence electrons. The van der Waals surface area contributed by atoms with Gasteiger partial charge in [-0.15, -0.1) is 0 Å². The van der Waals surface area contributed by atoms with Crippen molar-refractivity contribution in [2.24, 2.45) is 5.92 Å². The van der Waals surface area contributed by atoms with E-state index < -0.39 is 0 Å². The average Bonchev–Trinajstić information content (AvgIpc) is 2.53. The molecule has 0 heterocycles. The zero-order valence-corrected chi connectivity index (χ0v) is 13.3. The molecule has 1 aromatic rings. The Kier molecular flexibility index (Phi) is 5.32. The van der Waals surface area contributed by atoms with Gasteiger partial charge < -0.3 is 5.41 Å². The lowest BCUT2D eigenvalue weighted by Gasteiger charge is -2.19. The van der Waals surface area contributed by atoms with E-state index in [1.165, 1.54) is 16.7 Å². The Morgan fingerprint density at radius 3 is 2.81 bits per heavy atom. The third kappa shape index (κ3) is 4.04. The predicted molar refractivity (Wildman–Crippen MR) is 92.8 cm³/mol. The first-order chi connectivity index (χ1) is 10.1. The van der Waals surface area contributed by atoms with Crippen LogP contribution in [0.4, 0.5) is 0 Å². The SMILES string of the molecule is CCC1=CCC(C)C(C(=N)/C=C/c2cccc(CC)c2)=C1. The van der Waals surface area contributed by atoms with Gasteiger partial charge in [-0.05, 0) is 48.0 Å². The topological polar surface area (TPSA) is 23.9 Å². The number of hydrogen-bond acceptors (Lipinski definition) is 1. The highest BCUT2D eigenvalue weighted by Crippen LogP contribution is 2.26. The summed E-state index contributed by atoms with van der Waals surface area (Å²) in [5.41, 5.74) is 5.68. The van der Waals surface area contributed by atoms with Gasteiger partial charge in [0.1, 0.15) is 0 Å². The maximum Gasteiger partial charge on any atom is 0.0574 e. The fraction of sp³-hybridized carbons (Fsp3) is 0.350. The second-order valence-electron chi connectivity index (χ2n) is 5.71. The van der Waals surface area contributed by atoms with Gasteiger partial charge in [0.15, 0.2) is 0 Å². The number of benzene rings is 1. The third-order valence-electron chi connectivity index (χ3n) is 4.13. The summed E-state index contributed by atoms with van der Waals surface area (Å²) in [5.74, 6) is 0.444. The quantitative estimate of drug-likeness (QED) is 0.680. The summed E-state index contributed by atoms with van der Waals surface area (Å²) in [6.07, 6.45) is 11.6. The van der Waals surface area contributed by atoms with Crippen LogP contribution in [0.1, 0.15) is 44.7 Å². The molecule has 1 nitrogen and oxygen atoms in total. The van der Waals surface area contributed by atoms with Crippen molar-refractivity contribution in [3.05, 3.63) is 64.8 Å². The second-order valence-corrected chi connectivity index (χ2v) is 5.71. The molecule has 0 spiro atoms. The van der Waals surface area contributed by atoms with Gasteiger partial charge >= 0.3 is 0 Å². The first-order valence-corrected chi connectivity index (χ1v) is 7.90. The number of hydrogen-bond donors (Lipinski definition) is 1. The van der Waals surface area contributed by atoms with Gasteiger partial charge in [0.2, 0.25) is 0 Å². The van der Waals surface area contributed by atoms with Gasteiger partial charge in [0.05, 0.1) is 5.71 Å². The van der Waals surface area contributed by atoms with Crippen molar-refractivity contribution in [1.29, 1.82) is 5.41 Å². The third-order valence-corrected chi connectivity index (χ3v) is 4.13. The molecule has 1 aliphatic carbocycles. The molecule has 1 atom stereocenters. The maximum atomic E-state index is 8.34. The minimum Gasteiger partial charge on any atom is -0.301 e. The molecular formula is C20H25N. The van der Waals surface area contributed by atoms with E-state index >= 15 is 0 Å². The smallest absolute Gasteiger partial charge is 0.0574 e. The molecule has 21 heavy (non-hydrogen) atoms. The lowest BCUT2D eigenvalue weighted by atomic mass is 9.86. The fourth-order valence-corrected chi connectivity index (χ4v) is 2.64. The van der Waals surface area contributed by atoms with Gasteiger partial charge in [0.25, 0.3) is 0 Å². The van der Waals surface area contributed by atoms with Gasteiger partial charge in [-0.25, -0.2) is 0 Å². The minimum atomic E-state index is 0.444. The van der Waals surface area contributed by atoms with E-state index in [2.05, 4.69) is 63.3 Å². The Hall–Kier alpha value is -1.89. The zero-order chi connectivity index (χ0) is 15.2. The summed E-state index contributed by atoms with van der Waals surface area (Å²) < 4.78 is 0. The molecule has 0 radical (unpaired) electrons. The number of rotatable bonds is 5. The Morgan fingerprint density at radius 2 is 2.10 bits per heavy atom. The molecule has 0 aromatic heterocycles. The highest BCUT2D eigenvalue weighted by Gasteiger charge is 2.15. The van der Waals surface area contributed by atoms with E-state index in [1.807, 2.05) is 6.08 Å². The largest absolute Gasteiger partial charge is 0.301 e. The molecular weight excluding hydrogens is 254 g/mol. The van der Waals surface area contributed by atoms with E-state index in [-0.39, 0.29) is 0 Å². The van der Waals surface area contributed by atoms with Crippen LogP contribution in [0.25, 0.3) is 6.08 Å². The van der Waals surface area contributed by atoms with Gasteiger partial charge in [-0.1, -0.05) is 68.8 Å². The second kappa shape index (κ2) is 7.21. The first kappa shape index (κ1) is 15.5. The van der Waals surface area contributed by atoms with E-state index in [0.29, 0.717) is 11.6 Å². The molecule has 0 aliphatic heterocycles. The van der Waals surface area contributed by atoms with E-state index in [4.69, 9.17) is 5.41 Å². The average molecular weight is 279 g/mol. The summed E-state index contributed by atoms with van der Waals surface area (Å²) in [5, 5.41) is 8.34. The monoisotopic (exact) mass is 279 g/mol. The van der Waals surface area contributed by atoms with Crippen LogP contribution < -0.4 is 0 Å². The molecule has 0 bridgehead atoms. The Morgan fingerprint density at radius 1 is 1.29 bits per heavy atom. The molecule has 2 rings (SSSR count). The first-order valence-electron chi connectivity index (χ1n) is 7.90. The van der Waals surface area contributed by atoms with E-state index in [9.17, 15) is 0 Å². The van der Waals surface area contributed by atoms with Crippen molar-refractivity contribution < 1.29 is 0 Å². The van der Waals surface area contributed by atoms with E-state index in [1.54, 1.807) is 0 Å². The van der Waals surface area contributed by atoms with Crippen molar-refractivity contribution in [2.45, 2.75) is 40.0 Å². The van der Waals surface area contributed by atoms with Crippen molar-refractivity contribution in [1.82, 2.24) is 0 Å². The number of allylic oxidation sites excluding steroid dienone is 5. The molecule has 0 saturated heterocycles. The van der Waals surface area contributed by atoms with Crippen molar-refractivity contribution >= 4 is 11.8 Å². The lowest BCUT2D eigenvalue weighted by Crippen LogP contribution is -2.11. The predicted octanol–water partition coefficient (Wildman–Crippen LogP) is 5.58. The molecule has 1 unspecified atom stereocenters. The van der Waals surface area contributed by atoms with Crippen LogP contribution in [0.5, 0.6) is 0 Å². The summed E-state index contributed by atoms with van der Waals surface area (Å²) in [7, 11) is 0. The van der Waals surface area contributed by atoms with Gasteiger partial charge in [-0.3, -0.25) is 0 Å². The molecule has 0 fully saturated rings. The Bertz CT molecular complexity index is 602. The highest BCUT2D eigenvalue weighted by molar-refractivity contribution is 6.09. The van der Waals surface area contributed by atoms with Crippen LogP contribution in [0, 0.1) is 11.3 Å². The van der Waals surface area contributed by atoms with Crippen molar-refractivity contribution in [3.8, 4) is 0 Å². The molecule has 1 heteroatoms. The normalized spacial score (nSPS) is 18.5. The van der Waals surface area contributed by atoms with Crippen LogP contribution in [0.2, 0.25) is 0 Å². The molecule has 1 aromatic carbocycles. The van der Waals surface area contributed by atoms with Crippen LogP contribution in [-0.2, 0) is 6.42 Å². The number of nitrogens with one attached hydrogen (secondary N) is 1. The van der Waals surface area contributed by atoms with Crippen molar-refractivity contribution in [2.75, 3.05) is 0 Å². The summed E-state index contributed by atoms with van der Waals surface area (Å²) in [6, 6.07) is 8.52.